The topological polar surface area (TPSA) is 58.2 Å². The highest BCUT2D eigenvalue weighted by Gasteiger charge is 2.16. The molecule has 0 aromatic rings. The summed E-state index contributed by atoms with van der Waals surface area (Å²) in [6.07, 6.45) is 2.13. The molecule has 2 N–H and O–H groups in total. The minimum Gasteiger partial charge on any atom is -0.316 e. The maximum Gasteiger partial charge on any atom is 0.208 e. The molecule has 11 heavy (non-hydrogen) atoms. The predicted octanol–water partition coefficient (Wildman–Crippen LogP) is -0.855. The molecule has 0 aromatic carbocycles. The second kappa shape index (κ2) is 3.51. The fourth-order valence-electron chi connectivity index (χ4n) is 1.00. The Labute approximate surface area is 67.4 Å². The third-order valence-electron chi connectivity index (χ3n) is 1.78. The van der Waals surface area contributed by atoms with Crippen molar-refractivity contribution in [3.05, 3.63) is 0 Å². The van der Waals surface area contributed by atoms with Gasteiger partial charge in [-0.3, -0.25) is 0 Å². The van der Waals surface area contributed by atoms with E-state index in [0.29, 0.717) is 12.5 Å². The van der Waals surface area contributed by atoms with E-state index in [-0.39, 0.29) is 0 Å². The molecule has 4 nitrogen and oxygen atoms in total. The normalized spacial score (nSPS) is 19.7. The van der Waals surface area contributed by atoms with Crippen LogP contribution in [0.2, 0.25) is 0 Å². The van der Waals surface area contributed by atoms with E-state index in [4.69, 9.17) is 0 Å². The van der Waals surface area contributed by atoms with Crippen LogP contribution < -0.4 is 10.0 Å². The van der Waals surface area contributed by atoms with Gasteiger partial charge in [-0.05, 0) is 25.4 Å². The molecular weight excluding hydrogens is 164 g/mol. The van der Waals surface area contributed by atoms with E-state index >= 15 is 0 Å². The SMILES string of the molecule is CS(=O)(=O)NCCC1CNC1. The summed E-state index contributed by atoms with van der Waals surface area (Å²) < 4.78 is 23.7. The Morgan fingerprint density at radius 1 is 1.55 bits per heavy atom. The minimum absolute atomic E-state index is 0.575. The van der Waals surface area contributed by atoms with Crippen molar-refractivity contribution in [1.29, 1.82) is 0 Å². The molecule has 0 amide bonds. The molecule has 0 saturated carbocycles. The first-order valence-electron chi connectivity index (χ1n) is 3.73. The molecule has 1 aliphatic heterocycles. The van der Waals surface area contributed by atoms with Crippen molar-refractivity contribution in [2.45, 2.75) is 6.42 Å². The van der Waals surface area contributed by atoms with E-state index in [1.807, 2.05) is 0 Å². The summed E-state index contributed by atoms with van der Waals surface area (Å²) in [5.41, 5.74) is 0. The van der Waals surface area contributed by atoms with E-state index in [0.717, 1.165) is 19.5 Å². The van der Waals surface area contributed by atoms with Gasteiger partial charge >= 0.3 is 0 Å². The van der Waals surface area contributed by atoms with Crippen LogP contribution in [0.25, 0.3) is 0 Å². The highest BCUT2D eigenvalue weighted by atomic mass is 32.2. The second-order valence-electron chi connectivity index (χ2n) is 2.98. The van der Waals surface area contributed by atoms with Crippen LogP contribution in [0.5, 0.6) is 0 Å². The number of hydrogen-bond donors (Lipinski definition) is 2. The maximum absolute atomic E-state index is 10.6. The Morgan fingerprint density at radius 3 is 2.55 bits per heavy atom. The van der Waals surface area contributed by atoms with Crippen LogP contribution in [0.1, 0.15) is 6.42 Å². The van der Waals surface area contributed by atoms with Crippen LogP contribution >= 0.6 is 0 Å². The van der Waals surface area contributed by atoms with E-state index in [2.05, 4.69) is 10.0 Å². The second-order valence-corrected chi connectivity index (χ2v) is 4.81. The molecule has 5 heteroatoms. The number of nitrogens with one attached hydrogen (secondary N) is 2. The van der Waals surface area contributed by atoms with E-state index in [1.165, 1.54) is 6.26 Å². The van der Waals surface area contributed by atoms with Gasteiger partial charge < -0.3 is 5.32 Å². The van der Waals surface area contributed by atoms with Gasteiger partial charge in [-0.15, -0.1) is 0 Å². The molecule has 1 saturated heterocycles. The Balaban J connectivity index is 2.04. The van der Waals surface area contributed by atoms with Gasteiger partial charge in [-0.25, -0.2) is 13.1 Å². The standard InChI is InChI=1S/C6H14N2O2S/c1-11(9,10)8-3-2-6-4-7-5-6/h6-8H,2-5H2,1H3. The first-order valence-corrected chi connectivity index (χ1v) is 5.62. The maximum atomic E-state index is 10.6. The third kappa shape index (κ3) is 3.69. The summed E-state index contributed by atoms with van der Waals surface area (Å²) in [6, 6.07) is 0. The van der Waals surface area contributed by atoms with Crippen molar-refractivity contribution in [3.8, 4) is 0 Å². The van der Waals surface area contributed by atoms with Gasteiger partial charge in [0.25, 0.3) is 0 Å². The van der Waals surface area contributed by atoms with Crippen molar-refractivity contribution in [2.75, 3.05) is 25.9 Å². The van der Waals surface area contributed by atoms with E-state index < -0.39 is 10.0 Å². The predicted molar refractivity (Wildman–Crippen MR) is 43.8 cm³/mol. The smallest absolute Gasteiger partial charge is 0.208 e. The average molecular weight is 178 g/mol. The zero-order chi connectivity index (χ0) is 8.32. The molecule has 66 valence electrons. The molecule has 1 aliphatic rings. The summed E-state index contributed by atoms with van der Waals surface area (Å²) in [4.78, 5) is 0. The van der Waals surface area contributed by atoms with Gasteiger partial charge in [0, 0.05) is 6.54 Å². The van der Waals surface area contributed by atoms with Crippen molar-refractivity contribution < 1.29 is 8.42 Å². The Bertz CT molecular complexity index is 209. The number of hydrogen-bond acceptors (Lipinski definition) is 3. The molecular formula is C6H14N2O2S. The molecule has 0 aliphatic carbocycles. The summed E-state index contributed by atoms with van der Waals surface area (Å²) >= 11 is 0. The Hall–Kier alpha value is -0.130. The van der Waals surface area contributed by atoms with Gasteiger partial charge in [0.2, 0.25) is 10.0 Å². The third-order valence-corrected chi connectivity index (χ3v) is 2.51. The molecule has 0 unspecified atom stereocenters. The molecule has 0 spiro atoms. The lowest BCUT2D eigenvalue weighted by molar-refractivity contribution is 0.328. The first-order chi connectivity index (χ1) is 5.08. The Morgan fingerprint density at radius 2 is 2.18 bits per heavy atom. The van der Waals surface area contributed by atoms with Gasteiger partial charge in [-0.1, -0.05) is 0 Å². The van der Waals surface area contributed by atoms with E-state index in [9.17, 15) is 8.42 Å². The van der Waals surface area contributed by atoms with Crippen molar-refractivity contribution in [3.63, 3.8) is 0 Å². The fourth-order valence-corrected chi connectivity index (χ4v) is 1.49. The largest absolute Gasteiger partial charge is 0.316 e. The average Bonchev–Trinajstić information content (AvgIpc) is 1.73. The quantitative estimate of drug-likeness (QED) is 0.589. The highest BCUT2D eigenvalue weighted by Crippen LogP contribution is 2.06. The molecule has 0 radical (unpaired) electrons. The van der Waals surface area contributed by atoms with Gasteiger partial charge in [0.05, 0.1) is 6.26 Å². The lowest BCUT2D eigenvalue weighted by Crippen LogP contribution is -2.43. The molecule has 0 atom stereocenters. The lowest BCUT2D eigenvalue weighted by Gasteiger charge is -2.26. The zero-order valence-corrected chi connectivity index (χ0v) is 7.45. The summed E-state index contributed by atoms with van der Waals surface area (Å²) in [5.74, 6) is 0.671. The van der Waals surface area contributed by atoms with Gasteiger partial charge in [-0.2, -0.15) is 0 Å². The Kier molecular flexibility index (Phi) is 2.86. The van der Waals surface area contributed by atoms with Crippen molar-refractivity contribution in [1.82, 2.24) is 10.0 Å². The zero-order valence-electron chi connectivity index (χ0n) is 6.63. The number of sulfonamides is 1. The summed E-state index contributed by atoms with van der Waals surface area (Å²) in [5, 5.41) is 3.13. The van der Waals surface area contributed by atoms with Crippen molar-refractivity contribution >= 4 is 10.0 Å². The number of rotatable bonds is 4. The van der Waals surface area contributed by atoms with Crippen LogP contribution in [0.15, 0.2) is 0 Å². The van der Waals surface area contributed by atoms with E-state index in [1.54, 1.807) is 0 Å². The molecule has 0 aromatic heterocycles. The molecule has 1 rings (SSSR count). The lowest BCUT2D eigenvalue weighted by atomic mass is 10.00. The summed E-state index contributed by atoms with van der Waals surface area (Å²) in [6.45, 7) is 2.64. The molecule has 1 heterocycles. The van der Waals surface area contributed by atoms with Crippen LogP contribution in [-0.4, -0.2) is 34.3 Å². The first kappa shape index (κ1) is 8.96. The highest BCUT2D eigenvalue weighted by molar-refractivity contribution is 7.88. The monoisotopic (exact) mass is 178 g/mol. The van der Waals surface area contributed by atoms with Gasteiger partial charge in [0.1, 0.15) is 0 Å². The fraction of sp³-hybridized carbons (Fsp3) is 1.00. The van der Waals surface area contributed by atoms with Crippen LogP contribution in [0.4, 0.5) is 0 Å². The van der Waals surface area contributed by atoms with Crippen LogP contribution in [0, 0.1) is 5.92 Å². The van der Waals surface area contributed by atoms with Gasteiger partial charge in [0.15, 0.2) is 0 Å². The van der Waals surface area contributed by atoms with Crippen molar-refractivity contribution in [2.24, 2.45) is 5.92 Å². The molecule has 1 fully saturated rings. The van der Waals surface area contributed by atoms with Crippen LogP contribution in [0.3, 0.4) is 0 Å². The van der Waals surface area contributed by atoms with Crippen LogP contribution in [-0.2, 0) is 10.0 Å². The molecule has 0 bridgehead atoms. The summed E-state index contributed by atoms with van der Waals surface area (Å²) in [7, 11) is -2.97. The minimum atomic E-state index is -2.97.